The number of anilines is 2. The Bertz CT molecular complexity index is 459. The summed E-state index contributed by atoms with van der Waals surface area (Å²) in [5, 5.41) is 6.89. The monoisotopic (exact) mass is 299 g/mol. The molecule has 1 aromatic rings. The quantitative estimate of drug-likeness (QED) is 0.703. The maximum Gasteiger partial charge on any atom is 0.265 e. The fourth-order valence-electron chi connectivity index (χ4n) is 1.87. The Balaban J connectivity index is 2.01. The lowest BCUT2D eigenvalue weighted by atomic mass is 10.4. The van der Waals surface area contributed by atoms with Crippen LogP contribution < -0.4 is 21.3 Å². The van der Waals surface area contributed by atoms with E-state index in [1.54, 1.807) is 7.11 Å². The number of nitrogen functional groups attached to an aromatic ring is 1. The van der Waals surface area contributed by atoms with Gasteiger partial charge in [-0.2, -0.15) is 0 Å². The van der Waals surface area contributed by atoms with Gasteiger partial charge in [0.15, 0.2) is 5.13 Å². The van der Waals surface area contributed by atoms with Crippen molar-refractivity contribution in [2.75, 3.05) is 50.5 Å². The Kier molecular flexibility index (Phi) is 5.16. The van der Waals surface area contributed by atoms with E-state index in [1.165, 1.54) is 11.3 Å². The highest BCUT2D eigenvalue weighted by Gasteiger charge is 2.20. The maximum atomic E-state index is 12.1. The summed E-state index contributed by atoms with van der Waals surface area (Å²) in [6.45, 7) is 5.96. The summed E-state index contributed by atoms with van der Waals surface area (Å²) in [6.07, 6.45) is -0.0271. The molecule has 8 heteroatoms. The zero-order valence-corrected chi connectivity index (χ0v) is 12.6. The largest absolute Gasteiger partial charge is 0.382 e. The fraction of sp³-hybridized carbons (Fsp3) is 0.667. The standard InChI is InChI=1S/C12H21N5O2S/c1-8(19-2)7-15-11(18)9-10(13)16-12(20-9)17-5-3-14-4-6-17/h8,14H,3-7,13H2,1-2H3,(H,15,18). The molecule has 112 valence electrons. The minimum absolute atomic E-state index is 0.0271. The van der Waals surface area contributed by atoms with Crippen LogP contribution >= 0.6 is 11.3 Å². The molecule has 1 amide bonds. The van der Waals surface area contributed by atoms with Crippen LogP contribution in [0.1, 0.15) is 16.6 Å². The van der Waals surface area contributed by atoms with E-state index < -0.39 is 0 Å². The first-order valence-corrected chi connectivity index (χ1v) is 7.46. The summed E-state index contributed by atoms with van der Waals surface area (Å²) < 4.78 is 5.09. The predicted molar refractivity (Wildman–Crippen MR) is 80.4 cm³/mol. The number of ether oxygens (including phenoxy) is 1. The van der Waals surface area contributed by atoms with Gasteiger partial charge in [-0.3, -0.25) is 4.79 Å². The molecule has 7 nitrogen and oxygen atoms in total. The molecule has 0 spiro atoms. The smallest absolute Gasteiger partial charge is 0.265 e. The molecule has 4 N–H and O–H groups in total. The third-order valence-electron chi connectivity index (χ3n) is 3.19. The molecule has 0 aliphatic carbocycles. The van der Waals surface area contributed by atoms with Gasteiger partial charge in [-0.15, -0.1) is 0 Å². The number of carbonyl (C=O) groups excluding carboxylic acids is 1. The molecule has 0 aromatic carbocycles. The van der Waals surface area contributed by atoms with Gasteiger partial charge < -0.3 is 26.0 Å². The number of hydrogen-bond acceptors (Lipinski definition) is 7. The van der Waals surface area contributed by atoms with E-state index in [2.05, 4.69) is 20.5 Å². The van der Waals surface area contributed by atoms with Crippen molar-refractivity contribution in [3.05, 3.63) is 4.88 Å². The number of methoxy groups -OCH3 is 1. The number of piperazine rings is 1. The van der Waals surface area contributed by atoms with Crippen LogP contribution in [0.15, 0.2) is 0 Å². The Hall–Kier alpha value is -1.38. The summed E-state index contributed by atoms with van der Waals surface area (Å²) >= 11 is 1.34. The Morgan fingerprint density at radius 2 is 2.30 bits per heavy atom. The fourth-order valence-corrected chi connectivity index (χ4v) is 2.83. The number of hydrogen-bond donors (Lipinski definition) is 3. The molecule has 1 aliphatic heterocycles. The number of nitrogens with zero attached hydrogens (tertiary/aromatic N) is 2. The summed E-state index contributed by atoms with van der Waals surface area (Å²) in [4.78, 5) is 19.0. The summed E-state index contributed by atoms with van der Waals surface area (Å²) in [6, 6.07) is 0. The second-order valence-electron chi connectivity index (χ2n) is 4.70. The number of thiazole rings is 1. The lowest BCUT2D eigenvalue weighted by Crippen LogP contribution is -2.43. The average molecular weight is 299 g/mol. The molecule has 1 saturated heterocycles. The minimum Gasteiger partial charge on any atom is -0.382 e. The zero-order chi connectivity index (χ0) is 14.5. The van der Waals surface area contributed by atoms with Crippen molar-refractivity contribution in [1.29, 1.82) is 0 Å². The second-order valence-corrected chi connectivity index (χ2v) is 5.68. The Morgan fingerprint density at radius 1 is 1.60 bits per heavy atom. The molecular weight excluding hydrogens is 278 g/mol. The third-order valence-corrected chi connectivity index (χ3v) is 4.32. The van der Waals surface area contributed by atoms with Crippen LogP contribution in [0.5, 0.6) is 0 Å². The second kappa shape index (κ2) is 6.87. The van der Waals surface area contributed by atoms with E-state index >= 15 is 0 Å². The van der Waals surface area contributed by atoms with Gasteiger partial charge in [0.2, 0.25) is 0 Å². The van der Waals surface area contributed by atoms with Crippen molar-refractivity contribution in [2.24, 2.45) is 0 Å². The first-order chi connectivity index (χ1) is 9.61. The number of amides is 1. The van der Waals surface area contributed by atoms with Gasteiger partial charge in [0.1, 0.15) is 10.7 Å². The number of nitrogens with one attached hydrogen (secondary N) is 2. The molecule has 1 aromatic heterocycles. The minimum atomic E-state index is -0.190. The summed E-state index contributed by atoms with van der Waals surface area (Å²) in [5.41, 5.74) is 5.85. The molecule has 0 bridgehead atoms. The third kappa shape index (κ3) is 3.59. The van der Waals surface area contributed by atoms with Crippen LogP contribution in [0.4, 0.5) is 10.9 Å². The highest BCUT2D eigenvalue weighted by molar-refractivity contribution is 7.18. The van der Waals surface area contributed by atoms with Crippen molar-refractivity contribution < 1.29 is 9.53 Å². The van der Waals surface area contributed by atoms with Gasteiger partial charge >= 0.3 is 0 Å². The first kappa shape index (κ1) is 15.0. The molecular formula is C12H21N5O2S. The average Bonchev–Trinajstić information content (AvgIpc) is 2.87. The molecule has 0 radical (unpaired) electrons. The number of aromatic nitrogens is 1. The van der Waals surface area contributed by atoms with E-state index in [1.807, 2.05) is 6.92 Å². The molecule has 2 heterocycles. The van der Waals surface area contributed by atoms with Crippen LogP contribution in [-0.2, 0) is 4.74 Å². The lowest BCUT2D eigenvalue weighted by Gasteiger charge is -2.26. The van der Waals surface area contributed by atoms with Crippen LogP contribution in [0.3, 0.4) is 0 Å². The van der Waals surface area contributed by atoms with Crippen molar-refractivity contribution in [3.8, 4) is 0 Å². The van der Waals surface area contributed by atoms with Crippen molar-refractivity contribution in [2.45, 2.75) is 13.0 Å². The number of carbonyl (C=O) groups is 1. The van der Waals surface area contributed by atoms with Crippen LogP contribution in [0.2, 0.25) is 0 Å². The van der Waals surface area contributed by atoms with E-state index in [0.717, 1.165) is 31.3 Å². The number of nitrogens with two attached hydrogens (primary N) is 1. The van der Waals surface area contributed by atoms with Crippen molar-refractivity contribution in [1.82, 2.24) is 15.6 Å². The molecule has 1 atom stereocenters. The van der Waals surface area contributed by atoms with Crippen LogP contribution in [0, 0.1) is 0 Å². The van der Waals surface area contributed by atoms with E-state index in [9.17, 15) is 4.79 Å². The first-order valence-electron chi connectivity index (χ1n) is 6.64. The number of rotatable bonds is 5. The van der Waals surface area contributed by atoms with Crippen LogP contribution in [0.25, 0.3) is 0 Å². The Morgan fingerprint density at radius 3 is 2.95 bits per heavy atom. The van der Waals surface area contributed by atoms with E-state index in [4.69, 9.17) is 10.5 Å². The van der Waals surface area contributed by atoms with Gasteiger partial charge in [-0.1, -0.05) is 11.3 Å². The molecule has 2 rings (SSSR count). The molecule has 0 saturated carbocycles. The Labute approximate surface area is 122 Å². The highest BCUT2D eigenvalue weighted by Crippen LogP contribution is 2.28. The predicted octanol–water partition coefficient (Wildman–Crippen LogP) is -0.100. The topological polar surface area (TPSA) is 92.5 Å². The van der Waals surface area contributed by atoms with Gasteiger partial charge in [-0.25, -0.2) is 4.98 Å². The van der Waals surface area contributed by atoms with Gasteiger partial charge in [-0.05, 0) is 6.92 Å². The molecule has 1 aliphatic rings. The van der Waals surface area contributed by atoms with Crippen molar-refractivity contribution >= 4 is 28.2 Å². The van der Waals surface area contributed by atoms with Gasteiger partial charge in [0.25, 0.3) is 5.91 Å². The zero-order valence-electron chi connectivity index (χ0n) is 11.8. The van der Waals surface area contributed by atoms with Crippen LogP contribution in [-0.4, -0.2) is 56.8 Å². The highest BCUT2D eigenvalue weighted by atomic mass is 32.1. The molecule has 1 fully saturated rings. The van der Waals surface area contributed by atoms with Gasteiger partial charge in [0, 0.05) is 39.8 Å². The summed E-state index contributed by atoms with van der Waals surface area (Å²) in [7, 11) is 1.61. The normalized spacial score (nSPS) is 17.0. The van der Waals surface area contributed by atoms with Gasteiger partial charge in [0.05, 0.1) is 6.10 Å². The summed E-state index contributed by atoms with van der Waals surface area (Å²) in [5.74, 6) is 0.108. The van der Waals surface area contributed by atoms with Crippen molar-refractivity contribution in [3.63, 3.8) is 0 Å². The SMILES string of the molecule is COC(C)CNC(=O)c1sc(N2CCNCC2)nc1N. The molecule has 20 heavy (non-hydrogen) atoms. The lowest BCUT2D eigenvalue weighted by molar-refractivity contribution is 0.0874. The van der Waals surface area contributed by atoms with E-state index in [-0.39, 0.29) is 12.0 Å². The maximum absolute atomic E-state index is 12.1. The van der Waals surface area contributed by atoms with E-state index in [0.29, 0.717) is 17.2 Å². The molecule has 1 unspecified atom stereocenters.